The first-order valence-electron chi connectivity index (χ1n) is 5.79. The lowest BCUT2D eigenvalue weighted by molar-refractivity contribution is -0.136. The second-order valence-electron chi connectivity index (χ2n) is 4.21. The fourth-order valence-corrected chi connectivity index (χ4v) is 2.16. The molecule has 17 heavy (non-hydrogen) atoms. The number of benzene rings is 1. The monoisotopic (exact) mass is 231 g/mol. The largest absolute Gasteiger partial charge is 0.466 e. The molecule has 0 radical (unpaired) electrons. The Hall–Kier alpha value is -1.77. The number of allylic oxidation sites excluding steroid dienone is 1. The number of esters is 1. The van der Waals surface area contributed by atoms with Crippen molar-refractivity contribution in [2.45, 2.75) is 19.9 Å². The van der Waals surface area contributed by atoms with Crippen LogP contribution in [0.15, 0.2) is 41.6 Å². The summed E-state index contributed by atoms with van der Waals surface area (Å²) in [4.78, 5) is 13.7. The van der Waals surface area contributed by atoms with Crippen LogP contribution >= 0.6 is 0 Å². The van der Waals surface area contributed by atoms with Gasteiger partial charge >= 0.3 is 5.97 Å². The molecule has 90 valence electrons. The molecule has 0 N–H and O–H groups in total. The van der Waals surface area contributed by atoms with Crippen molar-refractivity contribution in [1.82, 2.24) is 4.90 Å². The van der Waals surface area contributed by atoms with Gasteiger partial charge in [-0.1, -0.05) is 30.3 Å². The molecule has 0 fully saturated rings. The van der Waals surface area contributed by atoms with Gasteiger partial charge in [0.15, 0.2) is 0 Å². The molecular formula is C14H17NO2. The molecule has 1 aromatic carbocycles. The predicted molar refractivity (Wildman–Crippen MR) is 66.2 cm³/mol. The van der Waals surface area contributed by atoms with Crippen molar-refractivity contribution in [1.29, 1.82) is 0 Å². The van der Waals surface area contributed by atoms with Gasteiger partial charge in [0.2, 0.25) is 0 Å². The molecule has 1 aliphatic heterocycles. The maximum atomic E-state index is 11.5. The number of nitrogens with zero attached hydrogens (tertiary/aromatic N) is 1. The van der Waals surface area contributed by atoms with Crippen LogP contribution in [0, 0.1) is 0 Å². The van der Waals surface area contributed by atoms with E-state index in [0.29, 0.717) is 0 Å². The lowest BCUT2D eigenvalue weighted by atomic mass is 10.2. The molecule has 0 atom stereocenters. The summed E-state index contributed by atoms with van der Waals surface area (Å²) in [5.74, 6) is -0.196. The zero-order valence-electron chi connectivity index (χ0n) is 10.3. The van der Waals surface area contributed by atoms with E-state index >= 15 is 0 Å². The molecule has 1 aromatic rings. The topological polar surface area (TPSA) is 29.5 Å². The van der Waals surface area contributed by atoms with Crippen LogP contribution < -0.4 is 0 Å². The van der Waals surface area contributed by atoms with E-state index in [1.807, 2.05) is 25.1 Å². The average molecular weight is 231 g/mol. The minimum absolute atomic E-state index is 0.196. The molecule has 0 spiro atoms. The van der Waals surface area contributed by atoms with Gasteiger partial charge in [-0.25, -0.2) is 4.79 Å². The third-order valence-corrected chi connectivity index (χ3v) is 3.19. The van der Waals surface area contributed by atoms with Gasteiger partial charge in [0.05, 0.1) is 12.7 Å². The Bertz CT molecular complexity index is 437. The molecule has 0 saturated heterocycles. The summed E-state index contributed by atoms with van der Waals surface area (Å²) in [7, 11) is 1.43. The van der Waals surface area contributed by atoms with Crippen LogP contribution in [0.4, 0.5) is 0 Å². The Balaban J connectivity index is 2.10. The standard InChI is InChI=1S/C14H17NO2/c1-11-13(14(16)17-2)8-9-15(11)10-12-6-4-3-5-7-12/h3-7H,8-10H2,1-2H3. The number of carbonyl (C=O) groups is 1. The fraction of sp³-hybridized carbons (Fsp3) is 0.357. The van der Waals surface area contributed by atoms with E-state index in [1.54, 1.807) is 0 Å². The van der Waals surface area contributed by atoms with E-state index in [0.717, 1.165) is 30.8 Å². The van der Waals surface area contributed by atoms with Crippen LogP contribution in [-0.4, -0.2) is 24.5 Å². The van der Waals surface area contributed by atoms with Gasteiger partial charge in [0.25, 0.3) is 0 Å². The SMILES string of the molecule is COC(=O)C1=C(C)N(Cc2ccccc2)CC1. The first kappa shape index (κ1) is 11.7. The van der Waals surface area contributed by atoms with Gasteiger partial charge in [-0.05, 0) is 18.9 Å². The van der Waals surface area contributed by atoms with Gasteiger partial charge in [-0.2, -0.15) is 0 Å². The molecule has 1 aliphatic rings. The van der Waals surface area contributed by atoms with Crippen LogP contribution in [0.2, 0.25) is 0 Å². The lowest BCUT2D eigenvalue weighted by Gasteiger charge is -2.19. The Morgan fingerprint density at radius 1 is 1.35 bits per heavy atom. The summed E-state index contributed by atoms with van der Waals surface area (Å²) < 4.78 is 4.78. The number of hydrogen-bond donors (Lipinski definition) is 0. The first-order valence-corrected chi connectivity index (χ1v) is 5.79. The van der Waals surface area contributed by atoms with E-state index in [2.05, 4.69) is 17.0 Å². The van der Waals surface area contributed by atoms with Gasteiger partial charge in [-0.15, -0.1) is 0 Å². The number of carbonyl (C=O) groups excluding carboxylic acids is 1. The molecule has 1 heterocycles. The van der Waals surface area contributed by atoms with Crippen molar-refractivity contribution in [2.75, 3.05) is 13.7 Å². The highest BCUT2D eigenvalue weighted by molar-refractivity contribution is 5.89. The van der Waals surface area contributed by atoms with E-state index < -0.39 is 0 Å². The van der Waals surface area contributed by atoms with Crippen LogP contribution in [-0.2, 0) is 16.1 Å². The summed E-state index contributed by atoms with van der Waals surface area (Å²) in [6.45, 7) is 3.74. The number of ether oxygens (including phenoxy) is 1. The molecule has 0 unspecified atom stereocenters. The second-order valence-corrected chi connectivity index (χ2v) is 4.21. The molecule has 0 aromatic heterocycles. The van der Waals surface area contributed by atoms with Crippen molar-refractivity contribution < 1.29 is 9.53 Å². The number of hydrogen-bond acceptors (Lipinski definition) is 3. The Morgan fingerprint density at radius 2 is 2.06 bits per heavy atom. The Morgan fingerprint density at radius 3 is 2.71 bits per heavy atom. The van der Waals surface area contributed by atoms with E-state index in [-0.39, 0.29) is 5.97 Å². The molecular weight excluding hydrogens is 214 g/mol. The van der Waals surface area contributed by atoms with Gasteiger partial charge in [-0.3, -0.25) is 0 Å². The Kier molecular flexibility index (Phi) is 3.47. The third-order valence-electron chi connectivity index (χ3n) is 3.19. The first-order chi connectivity index (χ1) is 8.22. The predicted octanol–water partition coefficient (Wildman–Crippen LogP) is 2.34. The van der Waals surface area contributed by atoms with Crippen molar-refractivity contribution in [3.63, 3.8) is 0 Å². The molecule has 3 nitrogen and oxygen atoms in total. The highest BCUT2D eigenvalue weighted by atomic mass is 16.5. The summed E-state index contributed by atoms with van der Waals surface area (Å²) in [6.07, 6.45) is 0.783. The van der Waals surface area contributed by atoms with E-state index in [9.17, 15) is 4.79 Å². The van der Waals surface area contributed by atoms with Gasteiger partial charge < -0.3 is 9.64 Å². The summed E-state index contributed by atoms with van der Waals surface area (Å²) >= 11 is 0. The van der Waals surface area contributed by atoms with Crippen molar-refractivity contribution >= 4 is 5.97 Å². The maximum Gasteiger partial charge on any atom is 0.335 e. The van der Waals surface area contributed by atoms with Crippen molar-refractivity contribution in [3.05, 3.63) is 47.2 Å². The summed E-state index contributed by atoms with van der Waals surface area (Å²) in [5, 5.41) is 0. The highest BCUT2D eigenvalue weighted by Crippen LogP contribution is 2.25. The molecule has 0 amide bonds. The lowest BCUT2D eigenvalue weighted by Crippen LogP contribution is -2.17. The molecule has 0 saturated carbocycles. The summed E-state index contributed by atoms with van der Waals surface area (Å²) in [6, 6.07) is 10.3. The quantitative estimate of drug-likeness (QED) is 0.748. The average Bonchev–Trinajstić information content (AvgIpc) is 2.72. The van der Waals surface area contributed by atoms with Crippen molar-refractivity contribution in [3.8, 4) is 0 Å². The number of methoxy groups -OCH3 is 1. The van der Waals surface area contributed by atoms with Crippen LogP contribution in [0.3, 0.4) is 0 Å². The van der Waals surface area contributed by atoms with Crippen LogP contribution in [0.1, 0.15) is 18.9 Å². The molecule has 0 aliphatic carbocycles. The van der Waals surface area contributed by atoms with Gasteiger partial charge in [0, 0.05) is 18.8 Å². The number of rotatable bonds is 3. The second kappa shape index (κ2) is 5.04. The normalized spacial score (nSPS) is 15.3. The zero-order chi connectivity index (χ0) is 12.3. The van der Waals surface area contributed by atoms with Crippen LogP contribution in [0.5, 0.6) is 0 Å². The van der Waals surface area contributed by atoms with Gasteiger partial charge in [0.1, 0.15) is 0 Å². The minimum Gasteiger partial charge on any atom is -0.466 e. The maximum absolute atomic E-state index is 11.5. The smallest absolute Gasteiger partial charge is 0.335 e. The fourth-order valence-electron chi connectivity index (χ4n) is 2.16. The van der Waals surface area contributed by atoms with Crippen molar-refractivity contribution in [2.24, 2.45) is 0 Å². The zero-order valence-corrected chi connectivity index (χ0v) is 10.3. The molecule has 3 heteroatoms. The van der Waals surface area contributed by atoms with E-state index in [4.69, 9.17) is 4.74 Å². The minimum atomic E-state index is -0.196. The molecule has 0 bridgehead atoms. The Labute approximate surface area is 102 Å². The summed E-state index contributed by atoms with van der Waals surface area (Å²) in [5.41, 5.74) is 3.11. The van der Waals surface area contributed by atoms with E-state index in [1.165, 1.54) is 12.7 Å². The molecule has 2 rings (SSSR count). The van der Waals surface area contributed by atoms with Crippen LogP contribution in [0.25, 0.3) is 0 Å². The third kappa shape index (κ3) is 2.49. The highest BCUT2D eigenvalue weighted by Gasteiger charge is 2.24.